The first-order chi connectivity index (χ1) is 14.8. The Morgan fingerprint density at radius 3 is 2.26 bits per heavy atom. The van der Waals surface area contributed by atoms with E-state index in [0.717, 1.165) is 4.90 Å². The van der Waals surface area contributed by atoms with Crippen molar-refractivity contribution in [2.45, 2.75) is 0 Å². The first-order valence-corrected chi connectivity index (χ1v) is 9.15. The van der Waals surface area contributed by atoms with Crippen LogP contribution in [0.5, 0.6) is 5.75 Å². The van der Waals surface area contributed by atoms with Gasteiger partial charge < -0.3 is 25.0 Å². The summed E-state index contributed by atoms with van der Waals surface area (Å²) < 4.78 is 22.7. The first-order valence-electron chi connectivity index (χ1n) is 9.15. The molecule has 164 valence electrons. The maximum atomic E-state index is 12.9. The van der Waals surface area contributed by atoms with Gasteiger partial charge in [-0.25, -0.2) is 4.39 Å². The van der Waals surface area contributed by atoms with Crippen molar-refractivity contribution in [2.24, 2.45) is 0 Å². The van der Waals surface area contributed by atoms with Gasteiger partial charge in [0.15, 0.2) is 6.61 Å². The predicted octanol–water partition coefficient (Wildman–Crippen LogP) is 1.20. The number of methoxy groups -OCH3 is 1. The van der Waals surface area contributed by atoms with E-state index in [1.807, 2.05) is 0 Å². The molecule has 3 amide bonds. The van der Waals surface area contributed by atoms with Gasteiger partial charge in [-0.05, 0) is 48.5 Å². The van der Waals surface area contributed by atoms with Crippen LogP contribution in [0.25, 0.3) is 0 Å². The number of amides is 3. The van der Waals surface area contributed by atoms with Crippen molar-refractivity contribution in [3.8, 4) is 5.75 Å². The van der Waals surface area contributed by atoms with E-state index in [4.69, 9.17) is 9.47 Å². The van der Waals surface area contributed by atoms with Gasteiger partial charge in [-0.15, -0.1) is 0 Å². The summed E-state index contributed by atoms with van der Waals surface area (Å²) in [6.07, 6.45) is 0. The zero-order valence-electron chi connectivity index (χ0n) is 17.0. The Balaban J connectivity index is 1.70. The van der Waals surface area contributed by atoms with Crippen LogP contribution in [0.4, 0.5) is 10.1 Å². The lowest BCUT2D eigenvalue weighted by Crippen LogP contribution is -2.38. The molecule has 0 aliphatic rings. The van der Waals surface area contributed by atoms with E-state index >= 15 is 0 Å². The first kappa shape index (κ1) is 23.3. The normalized spacial score (nSPS) is 10.0. The molecular formula is C21H22FN3O6. The SMILES string of the molecule is COc1ccc(C(=O)NCC(=O)OCC(=O)N(C)CC(=O)Nc2ccc(F)cc2)cc1. The highest BCUT2D eigenvalue weighted by molar-refractivity contribution is 5.96. The van der Waals surface area contributed by atoms with Gasteiger partial charge in [-0.3, -0.25) is 19.2 Å². The minimum atomic E-state index is -0.806. The average Bonchev–Trinajstić information content (AvgIpc) is 2.77. The maximum Gasteiger partial charge on any atom is 0.325 e. The molecule has 0 spiro atoms. The van der Waals surface area contributed by atoms with E-state index in [9.17, 15) is 23.6 Å². The van der Waals surface area contributed by atoms with Crippen LogP contribution in [-0.2, 0) is 19.1 Å². The number of carbonyl (C=O) groups is 4. The number of hydrogen-bond acceptors (Lipinski definition) is 6. The van der Waals surface area contributed by atoms with Crippen LogP contribution >= 0.6 is 0 Å². The maximum absolute atomic E-state index is 12.9. The summed E-state index contributed by atoms with van der Waals surface area (Å²) in [6.45, 7) is -1.30. The number of esters is 1. The molecule has 0 radical (unpaired) electrons. The van der Waals surface area contributed by atoms with Crippen molar-refractivity contribution in [2.75, 3.05) is 39.2 Å². The molecule has 0 saturated carbocycles. The van der Waals surface area contributed by atoms with Gasteiger partial charge in [-0.2, -0.15) is 0 Å². The van der Waals surface area contributed by atoms with Crippen molar-refractivity contribution in [1.29, 1.82) is 0 Å². The fraction of sp³-hybridized carbons (Fsp3) is 0.238. The third-order valence-electron chi connectivity index (χ3n) is 4.04. The summed E-state index contributed by atoms with van der Waals surface area (Å²) in [6, 6.07) is 11.4. The summed E-state index contributed by atoms with van der Waals surface area (Å²) in [5.41, 5.74) is 0.711. The molecule has 0 aliphatic carbocycles. The average molecular weight is 431 g/mol. The monoisotopic (exact) mass is 431 g/mol. The number of ether oxygens (including phenoxy) is 2. The summed E-state index contributed by atoms with van der Waals surface area (Å²) >= 11 is 0. The Kier molecular flexibility index (Phi) is 8.50. The van der Waals surface area contributed by atoms with Crippen molar-refractivity contribution >= 4 is 29.4 Å². The van der Waals surface area contributed by atoms with E-state index < -0.39 is 42.7 Å². The zero-order chi connectivity index (χ0) is 22.8. The number of nitrogens with zero attached hydrogens (tertiary/aromatic N) is 1. The van der Waals surface area contributed by atoms with Gasteiger partial charge >= 0.3 is 5.97 Å². The Hall–Kier alpha value is -3.95. The smallest absolute Gasteiger partial charge is 0.325 e. The van der Waals surface area contributed by atoms with Crippen LogP contribution in [0.3, 0.4) is 0 Å². The number of anilines is 1. The third kappa shape index (κ3) is 7.77. The van der Waals surface area contributed by atoms with Gasteiger partial charge in [0.25, 0.3) is 11.8 Å². The number of halogens is 1. The van der Waals surface area contributed by atoms with Crippen molar-refractivity contribution < 1.29 is 33.0 Å². The number of carbonyl (C=O) groups excluding carboxylic acids is 4. The van der Waals surface area contributed by atoms with E-state index in [-0.39, 0.29) is 6.54 Å². The van der Waals surface area contributed by atoms with Crippen LogP contribution in [0, 0.1) is 5.82 Å². The Labute approximate surface area is 178 Å². The molecule has 2 aromatic carbocycles. The van der Waals surface area contributed by atoms with Gasteiger partial charge in [-0.1, -0.05) is 0 Å². The number of hydrogen-bond donors (Lipinski definition) is 2. The molecule has 0 unspecified atom stereocenters. The quantitative estimate of drug-likeness (QED) is 0.577. The molecule has 0 bridgehead atoms. The Bertz CT molecular complexity index is 931. The standard InChI is InChI=1S/C21H22FN3O6/c1-25(12-18(26)24-16-7-5-15(22)6-8-16)19(27)13-31-20(28)11-23-21(29)14-3-9-17(30-2)10-4-14/h3-10H,11-13H2,1-2H3,(H,23,29)(H,24,26). The lowest BCUT2D eigenvalue weighted by Gasteiger charge is -2.17. The third-order valence-corrected chi connectivity index (χ3v) is 4.04. The molecule has 2 aromatic rings. The second-order valence-electron chi connectivity index (χ2n) is 6.38. The molecule has 0 fully saturated rings. The number of likely N-dealkylation sites (N-methyl/N-ethyl adjacent to an activating group) is 1. The second-order valence-corrected chi connectivity index (χ2v) is 6.38. The van der Waals surface area contributed by atoms with Crippen LogP contribution in [0.15, 0.2) is 48.5 Å². The van der Waals surface area contributed by atoms with Crippen LogP contribution in [0.2, 0.25) is 0 Å². The molecule has 0 atom stereocenters. The van der Waals surface area contributed by atoms with Gasteiger partial charge in [0.05, 0.1) is 13.7 Å². The highest BCUT2D eigenvalue weighted by Gasteiger charge is 2.16. The van der Waals surface area contributed by atoms with E-state index in [2.05, 4.69) is 10.6 Å². The Morgan fingerprint density at radius 2 is 1.65 bits per heavy atom. The van der Waals surface area contributed by atoms with Crippen LogP contribution < -0.4 is 15.4 Å². The number of rotatable bonds is 9. The molecule has 0 saturated heterocycles. The molecular weight excluding hydrogens is 409 g/mol. The topological polar surface area (TPSA) is 114 Å². The summed E-state index contributed by atoms with van der Waals surface area (Å²) in [5, 5.41) is 4.90. The van der Waals surface area contributed by atoms with E-state index in [1.165, 1.54) is 50.6 Å². The molecule has 31 heavy (non-hydrogen) atoms. The number of benzene rings is 2. The molecule has 0 aromatic heterocycles. The minimum absolute atomic E-state index is 0.290. The largest absolute Gasteiger partial charge is 0.497 e. The van der Waals surface area contributed by atoms with Crippen molar-refractivity contribution in [3.05, 3.63) is 59.9 Å². The minimum Gasteiger partial charge on any atom is -0.497 e. The van der Waals surface area contributed by atoms with Crippen molar-refractivity contribution in [3.63, 3.8) is 0 Å². The van der Waals surface area contributed by atoms with Gasteiger partial charge in [0.1, 0.15) is 18.1 Å². The molecule has 0 aliphatic heterocycles. The highest BCUT2D eigenvalue weighted by atomic mass is 19.1. The van der Waals surface area contributed by atoms with Gasteiger partial charge in [0.2, 0.25) is 5.91 Å². The lowest BCUT2D eigenvalue weighted by atomic mass is 10.2. The predicted molar refractivity (Wildman–Crippen MR) is 109 cm³/mol. The van der Waals surface area contributed by atoms with Crippen LogP contribution in [-0.4, -0.2) is 62.4 Å². The Morgan fingerprint density at radius 1 is 1.00 bits per heavy atom. The zero-order valence-corrected chi connectivity index (χ0v) is 17.0. The fourth-order valence-corrected chi connectivity index (χ4v) is 2.34. The second kappa shape index (κ2) is 11.3. The van der Waals surface area contributed by atoms with Gasteiger partial charge in [0, 0.05) is 18.3 Å². The molecule has 0 heterocycles. The summed E-state index contributed by atoms with van der Waals surface area (Å²) in [5.74, 6) is -2.25. The highest BCUT2D eigenvalue weighted by Crippen LogP contribution is 2.11. The summed E-state index contributed by atoms with van der Waals surface area (Å²) in [4.78, 5) is 48.8. The molecule has 2 N–H and O–H groups in total. The van der Waals surface area contributed by atoms with Crippen LogP contribution in [0.1, 0.15) is 10.4 Å². The van der Waals surface area contributed by atoms with Crippen molar-refractivity contribution in [1.82, 2.24) is 10.2 Å². The number of nitrogens with one attached hydrogen (secondary N) is 2. The molecule has 9 nitrogen and oxygen atoms in total. The lowest BCUT2D eigenvalue weighted by molar-refractivity contribution is -0.150. The fourth-order valence-electron chi connectivity index (χ4n) is 2.34. The molecule has 2 rings (SSSR count). The van der Waals surface area contributed by atoms with E-state index in [0.29, 0.717) is 17.0 Å². The summed E-state index contributed by atoms with van der Waals surface area (Å²) in [7, 11) is 2.87. The van der Waals surface area contributed by atoms with E-state index in [1.54, 1.807) is 12.1 Å². The molecule has 10 heteroatoms.